The predicted molar refractivity (Wildman–Crippen MR) is 78.5 cm³/mol. The number of hydrogen-bond acceptors (Lipinski definition) is 5. The monoisotopic (exact) mass is 286 g/mol. The summed E-state index contributed by atoms with van der Waals surface area (Å²) in [6.07, 6.45) is 3.12. The molecule has 1 amide bonds. The van der Waals surface area contributed by atoms with Crippen LogP contribution in [0.25, 0.3) is 11.4 Å². The molecule has 0 radical (unpaired) electrons. The third-order valence-electron chi connectivity index (χ3n) is 3.64. The average Bonchev–Trinajstić information content (AvgIpc) is 2.94. The minimum Gasteiger partial charge on any atom is -0.325 e. The van der Waals surface area contributed by atoms with Crippen molar-refractivity contribution in [3.8, 4) is 11.4 Å². The van der Waals surface area contributed by atoms with Crippen LogP contribution in [0, 0.1) is 0 Å². The number of hydrogen-bond donors (Lipinski definition) is 2. The Morgan fingerprint density at radius 3 is 3.05 bits per heavy atom. The van der Waals surface area contributed by atoms with E-state index < -0.39 is 0 Å². The van der Waals surface area contributed by atoms with Crippen LogP contribution in [0.2, 0.25) is 0 Å². The molecule has 2 heterocycles. The zero-order chi connectivity index (χ0) is 14.7. The highest BCUT2D eigenvalue weighted by molar-refractivity contribution is 5.95. The van der Waals surface area contributed by atoms with E-state index in [2.05, 4.69) is 26.2 Å². The van der Waals surface area contributed by atoms with Gasteiger partial charge in [0.05, 0.1) is 6.04 Å². The normalized spacial score (nSPS) is 18.4. The molecule has 1 fully saturated rings. The minimum absolute atomic E-state index is 0.0166. The van der Waals surface area contributed by atoms with Crippen molar-refractivity contribution in [2.24, 2.45) is 7.05 Å². The van der Waals surface area contributed by atoms with Crippen LogP contribution in [0.15, 0.2) is 24.3 Å². The van der Waals surface area contributed by atoms with Gasteiger partial charge in [0.25, 0.3) is 0 Å². The van der Waals surface area contributed by atoms with Gasteiger partial charge in [0.1, 0.15) is 0 Å². The van der Waals surface area contributed by atoms with E-state index in [4.69, 9.17) is 0 Å². The summed E-state index contributed by atoms with van der Waals surface area (Å²) in [5, 5.41) is 17.6. The number of nitrogens with one attached hydrogen (secondary N) is 2. The van der Waals surface area contributed by atoms with Gasteiger partial charge in [0.2, 0.25) is 5.91 Å². The van der Waals surface area contributed by atoms with Gasteiger partial charge in [-0.2, -0.15) is 0 Å². The van der Waals surface area contributed by atoms with Gasteiger partial charge in [0.15, 0.2) is 5.82 Å². The number of tetrazole rings is 1. The van der Waals surface area contributed by atoms with E-state index in [9.17, 15) is 4.79 Å². The molecular weight excluding hydrogens is 268 g/mol. The summed E-state index contributed by atoms with van der Waals surface area (Å²) in [6.45, 7) is 0.905. The van der Waals surface area contributed by atoms with E-state index in [1.165, 1.54) is 0 Å². The second-order valence-electron chi connectivity index (χ2n) is 5.20. The number of aromatic nitrogens is 4. The Balaban J connectivity index is 1.74. The molecule has 0 unspecified atom stereocenters. The molecule has 2 N–H and O–H groups in total. The molecule has 2 aromatic rings. The average molecular weight is 286 g/mol. The summed E-state index contributed by atoms with van der Waals surface area (Å²) in [6, 6.07) is 7.45. The maximum atomic E-state index is 12.2. The third-order valence-corrected chi connectivity index (χ3v) is 3.64. The van der Waals surface area contributed by atoms with Gasteiger partial charge in [-0.3, -0.25) is 4.79 Å². The van der Waals surface area contributed by atoms with Gasteiger partial charge in [-0.25, -0.2) is 4.68 Å². The third kappa shape index (κ3) is 3.08. The van der Waals surface area contributed by atoms with Crippen LogP contribution in [0.4, 0.5) is 5.69 Å². The van der Waals surface area contributed by atoms with Crippen LogP contribution < -0.4 is 10.6 Å². The van der Waals surface area contributed by atoms with Gasteiger partial charge in [-0.1, -0.05) is 18.6 Å². The highest BCUT2D eigenvalue weighted by atomic mass is 16.2. The molecule has 0 aliphatic carbocycles. The lowest BCUT2D eigenvalue weighted by atomic mass is 10.0. The maximum Gasteiger partial charge on any atom is 0.241 e. The molecule has 7 nitrogen and oxygen atoms in total. The second-order valence-corrected chi connectivity index (χ2v) is 5.20. The van der Waals surface area contributed by atoms with Crippen LogP contribution in [0.1, 0.15) is 19.3 Å². The number of rotatable bonds is 3. The lowest BCUT2D eigenvalue weighted by Gasteiger charge is -2.22. The zero-order valence-corrected chi connectivity index (χ0v) is 11.9. The lowest BCUT2D eigenvalue weighted by Crippen LogP contribution is -2.43. The van der Waals surface area contributed by atoms with E-state index in [1.54, 1.807) is 11.7 Å². The Morgan fingerprint density at radius 2 is 2.33 bits per heavy atom. The Morgan fingerprint density at radius 1 is 1.43 bits per heavy atom. The topological polar surface area (TPSA) is 84.7 Å². The fourth-order valence-corrected chi connectivity index (χ4v) is 2.52. The Hall–Kier alpha value is -2.28. The highest BCUT2D eigenvalue weighted by Gasteiger charge is 2.20. The molecule has 0 saturated carbocycles. The van der Waals surface area contributed by atoms with Crippen molar-refractivity contribution >= 4 is 11.6 Å². The van der Waals surface area contributed by atoms with Gasteiger partial charge in [-0.15, -0.1) is 5.10 Å². The number of nitrogens with zero attached hydrogens (tertiary/aromatic N) is 4. The number of anilines is 1. The van der Waals surface area contributed by atoms with Gasteiger partial charge >= 0.3 is 0 Å². The molecule has 1 aliphatic heterocycles. The molecule has 21 heavy (non-hydrogen) atoms. The summed E-state index contributed by atoms with van der Waals surface area (Å²) in [4.78, 5) is 12.2. The molecule has 1 aromatic carbocycles. The van der Waals surface area contributed by atoms with Crippen LogP contribution >= 0.6 is 0 Å². The summed E-state index contributed by atoms with van der Waals surface area (Å²) in [5.74, 6) is 0.685. The van der Waals surface area contributed by atoms with E-state index in [-0.39, 0.29) is 11.9 Å². The Kier molecular flexibility index (Phi) is 3.92. The van der Waals surface area contributed by atoms with Crippen molar-refractivity contribution < 1.29 is 4.79 Å². The van der Waals surface area contributed by atoms with Crippen molar-refractivity contribution in [2.75, 3.05) is 11.9 Å². The molecule has 0 spiro atoms. The van der Waals surface area contributed by atoms with Crippen molar-refractivity contribution in [3.05, 3.63) is 24.3 Å². The second kappa shape index (κ2) is 6.01. The molecule has 1 atom stereocenters. The molecule has 1 saturated heterocycles. The van der Waals surface area contributed by atoms with Gasteiger partial charge in [-0.05, 0) is 41.9 Å². The summed E-state index contributed by atoms with van der Waals surface area (Å²) in [5.41, 5.74) is 1.63. The van der Waals surface area contributed by atoms with E-state index in [0.717, 1.165) is 37.1 Å². The fourth-order valence-electron chi connectivity index (χ4n) is 2.52. The summed E-state index contributed by atoms with van der Waals surface area (Å²) >= 11 is 0. The Bertz CT molecular complexity index is 632. The van der Waals surface area contributed by atoms with Crippen LogP contribution in [-0.4, -0.2) is 38.7 Å². The maximum absolute atomic E-state index is 12.2. The van der Waals surface area contributed by atoms with Crippen molar-refractivity contribution in [1.29, 1.82) is 0 Å². The number of amides is 1. The van der Waals surface area contributed by atoms with Crippen molar-refractivity contribution in [1.82, 2.24) is 25.5 Å². The first kappa shape index (κ1) is 13.7. The Labute approximate surface area is 122 Å². The van der Waals surface area contributed by atoms with E-state index in [1.807, 2.05) is 24.3 Å². The zero-order valence-electron chi connectivity index (χ0n) is 11.9. The smallest absolute Gasteiger partial charge is 0.241 e. The van der Waals surface area contributed by atoms with E-state index in [0.29, 0.717) is 5.82 Å². The number of aryl methyl sites for hydroxylation is 1. The van der Waals surface area contributed by atoms with Crippen LogP contribution in [-0.2, 0) is 11.8 Å². The molecule has 0 bridgehead atoms. The molecule has 3 rings (SSSR count). The number of carbonyl (C=O) groups is 1. The van der Waals surface area contributed by atoms with Crippen molar-refractivity contribution in [3.63, 3.8) is 0 Å². The number of piperidine rings is 1. The first-order chi connectivity index (χ1) is 10.2. The van der Waals surface area contributed by atoms with Gasteiger partial charge in [0, 0.05) is 18.3 Å². The number of carbonyl (C=O) groups excluding carboxylic acids is 1. The standard InChI is InChI=1S/C14H18N6O/c1-20-13(17-18-19-20)10-5-4-6-11(9-10)16-14(21)12-7-2-3-8-15-12/h4-6,9,12,15H,2-3,7-8H2,1H3,(H,16,21)/t12-/m1/s1. The SMILES string of the molecule is Cn1nnnc1-c1cccc(NC(=O)[C@H]2CCCCN2)c1. The summed E-state index contributed by atoms with van der Waals surface area (Å²) < 4.78 is 1.60. The molecule has 1 aromatic heterocycles. The minimum atomic E-state index is -0.0982. The highest BCUT2D eigenvalue weighted by Crippen LogP contribution is 2.20. The quantitative estimate of drug-likeness (QED) is 0.878. The van der Waals surface area contributed by atoms with Crippen molar-refractivity contribution in [2.45, 2.75) is 25.3 Å². The van der Waals surface area contributed by atoms with Gasteiger partial charge < -0.3 is 10.6 Å². The largest absolute Gasteiger partial charge is 0.325 e. The van der Waals surface area contributed by atoms with Crippen LogP contribution in [0.3, 0.4) is 0 Å². The lowest BCUT2D eigenvalue weighted by molar-refractivity contribution is -0.118. The summed E-state index contributed by atoms with van der Waals surface area (Å²) in [7, 11) is 1.78. The number of benzene rings is 1. The first-order valence-electron chi connectivity index (χ1n) is 7.11. The van der Waals surface area contributed by atoms with E-state index >= 15 is 0 Å². The molecular formula is C14H18N6O. The van der Waals surface area contributed by atoms with Crippen LogP contribution in [0.5, 0.6) is 0 Å². The first-order valence-corrected chi connectivity index (χ1v) is 7.11. The molecule has 7 heteroatoms. The fraction of sp³-hybridized carbons (Fsp3) is 0.429. The molecule has 1 aliphatic rings. The predicted octanol–water partition coefficient (Wildman–Crippen LogP) is 0.958. The molecule has 110 valence electrons.